The van der Waals surface area contributed by atoms with Gasteiger partial charge in [-0.05, 0) is 55.0 Å². The summed E-state index contributed by atoms with van der Waals surface area (Å²) in [5, 5.41) is 9.22. The Balaban J connectivity index is 2.30. The molecule has 0 atom stereocenters. The maximum Gasteiger partial charge on any atom is 0.258 e. The zero-order chi connectivity index (χ0) is 14.0. The van der Waals surface area contributed by atoms with Crippen LogP contribution in [0, 0.1) is 12.7 Å². The van der Waals surface area contributed by atoms with E-state index in [0.29, 0.717) is 16.8 Å². The lowest BCUT2D eigenvalue weighted by molar-refractivity contribution is 0.0992. The van der Waals surface area contributed by atoms with Crippen LogP contribution in [0.2, 0.25) is 0 Å². The standard InChI is InChI=1S/C15H14FNO2/c1-10-9-11(16)3-8-14(10)15(19)17(2)12-4-6-13(18)7-5-12/h3-9,18H,1-2H3. The van der Waals surface area contributed by atoms with E-state index in [0.717, 1.165) is 0 Å². The average molecular weight is 259 g/mol. The molecule has 0 aromatic heterocycles. The van der Waals surface area contributed by atoms with Crippen LogP contribution in [0.5, 0.6) is 5.75 Å². The highest BCUT2D eigenvalue weighted by Crippen LogP contribution is 2.20. The SMILES string of the molecule is Cc1cc(F)ccc1C(=O)N(C)c1ccc(O)cc1. The van der Waals surface area contributed by atoms with E-state index in [4.69, 9.17) is 0 Å². The maximum atomic E-state index is 13.0. The van der Waals surface area contributed by atoms with Crippen molar-refractivity contribution in [1.82, 2.24) is 0 Å². The number of aryl methyl sites for hydroxylation is 1. The first kappa shape index (κ1) is 13.1. The van der Waals surface area contributed by atoms with Gasteiger partial charge >= 0.3 is 0 Å². The van der Waals surface area contributed by atoms with Gasteiger partial charge < -0.3 is 10.0 Å². The number of phenolic OH excluding ortho intramolecular Hbond substituents is 1. The summed E-state index contributed by atoms with van der Waals surface area (Å²) < 4.78 is 13.0. The first-order chi connectivity index (χ1) is 8.99. The molecule has 0 spiro atoms. The van der Waals surface area contributed by atoms with Crippen LogP contribution in [-0.4, -0.2) is 18.1 Å². The minimum absolute atomic E-state index is 0.141. The van der Waals surface area contributed by atoms with Gasteiger partial charge in [-0.2, -0.15) is 0 Å². The number of hydrogen-bond acceptors (Lipinski definition) is 2. The topological polar surface area (TPSA) is 40.5 Å². The van der Waals surface area contributed by atoms with Crippen molar-refractivity contribution in [2.45, 2.75) is 6.92 Å². The van der Waals surface area contributed by atoms with Crippen molar-refractivity contribution >= 4 is 11.6 Å². The van der Waals surface area contributed by atoms with Crippen LogP contribution >= 0.6 is 0 Å². The Bertz CT molecular complexity index is 608. The third-order valence-corrected chi connectivity index (χ3v) is 2.96. The molecule has 2 aromatic rings. The molecule has 1 amide bonds. The highest BCUT2D eigenvalue weighted by atomic mass is 19.1. The molecule has 3 nitrogen and oxygen atoms in total. The number of rotatable bonds is 2. The smallest absolute Gasteiger partial charge is 0.258 e. The van der Waals surface area contributed by atoms with Crippen LogP contribution in [0.15, 0.2) is 42.5 Å². The molecule has 0 aliphatic carbocycles. The van der Waals surface area contributed by atoms with E-state index in [1.807, 2.05) is 0 Å². The van der Waals surface area contributed by atoms with Crippen LogP contribution in [0.25, 0.3) is 0 Å². The van der Waals surface area contributed by atoms with Crippen molar-refractivity contribution in [2.75, 3.05) is 11.9 Å². The van der Waals surface area contributed by atoms with E-state index < -0.39 is 0 Å². The van der Waals surface area contributed by atoms with Gasteiger partial charge in [0, 0.05) is 18.3 Å². The summed E-state index contributed by atoms with van der Waals surface area (Å²) in [7, 11) is 1.64. The minimum Gasteiger partial charge on any atom is -0.508 e. The lowest BCUT2D eigenvalue weighted by Gasteiger charge is -2.18. The number of anilines is 1. The second kappa shape index (κ2) is 5.10. The summed E-state index contributed by atoms with van der Waals surface area (Å²) in [6.07, 6.45) is 0. The van der Waals surface area contributed by atoms with E-state index in [1.165, 1.54) is 35.2 Å². The summed E-state index contributed by atoms with van der Waals surface area (Å²) in [5.74, 6) is -0.438. The van der Waals surface area contributed by atoms with Gasteiger partial charge in [0.1, 0.15) is 11.6 Å². The van der Waals surface area contributed by atoms with Crippen molar-refractivity contribution in [3.63, 3.8) is 0 Å². The quantitative estimate of drug-likeness (QED) is 0.900. The maximum absolute atomic E-state index is 13.0. The highest BCUT2D eigenvalue weighted by molar-refractivity contribution is 6.06. The number of nitrogens with zero attached hydrogens (tertiary/aromatic N) is 1. The molecule has 0 heterocycles. The van der Waals surface area contributed by atoms with Crippen molar-refractivity contribution in [3.8, 4) is 5.75 Å². The summed E-state index contributed by atoms with van der Waals surface area (Å²) >= 11 is 0. The molecule has 4 heteroatoms. The van der Waals surface area contributed by atoms with Gasteiger partial charge in [0.05, 0.1) is 0 Å². The van der Waals surface area contributed by atoms with E-state index in [2.05, 4.69) is 0 Å². The fraction of sp³-hybridized carbons (Fsp3) is 0.133. The molecule has 0 unspecified atom stereocenters. The molecule has 0 bridgehead atoms. The third-order valence-electron chi connectivity index (χ3n) is 2.96. The van der Waals surface area contributed by atoms with Gasteiger partial charge in [0.15, 0.2) is 0 Å². The molecule has 2 aromatic carbocycles. The summed E-state index contributed by atoms with van der Waals surface area (Å²) in [6, 6.07) is 10.4. The minimum atomic E-state index is -0.360. The number of carbonyl (C=O) groups is 1. The summed E-state index contributed by atoms with van der Waals surface area (Å²) in [6.45, 7) is 1.70. The lowest BCUT2D eigenvalue weighted by atomic mass is 10.1. The first-order valence-corrected chi connectivity index (χ1v) is 5.82. The summed E-state index contributed by atoms with van der Waals surface area (Å²) in [5.41, 5.74) is 1.71. The molecule has 0 aliphatic heterocycles. The van der Waals surface area contributed by atoms with Crippen molar-refractivity contribution in [3.05, 3.63) is 59.4 Å². The van der Waals surface area contributed by atoms with Crippen molar-refractivity contribution in [2.24, 2.45) is 0 Å². The van der Waals surface area contributed by atoms with Gasteiger partial charge in [0.25, 0.3) is 5.91 Å². The van der Waals surface area contributed by atoms with E-state index in [-0.39, 0.29) is 17.5 Å². The molecule has 19 heavy (non-hydrogen) atoms. The molecule has 1 N–H and O–H groups in total. The fourth-order valence-corrected chi connectivity index (χ4v) is 1.84. The zero-order valence-electron chi connectivity index (χ0n) is 10.7. The molecule has 0 fully saturated rings. The van der Waals surface area contributed by atoms with Gasteiger partial charge in [-0.1, -0.05) is 0 Å². The molecular weight excluding hydrogens is 245 g/mol. The largest absolute Gasteiger partial charge is 0.508 e. The average Bonchev–Trinajstić information content (AvgIpc) is 2.38. The lowest BCUT2D eigenvalue weighted by Crippen LogP contribution is -2.26. The molecule has 2 rings (SSSR count). The van der Waals surface area contributed by atoms with Crippen LogP contribution < -0.4 is 4.90 Å². The fourth-order valence-electron chi connectivity index (χ4n) is 1.84. The second-order valence-electron chi connectivity index (χ2n) is 4.34. The van der Waals surface area contributed by atoms with Gasteiger partial charge in [-0.25, -0.2) is 4.39 Å². The Morgan fingerprint density at radius 2 is 1.79 bits per heavy atom. The highest BCUT2D eigenvalue weighted by Gasteiger charge is 2.15. The number of amides is 1. The third kappa shape index (κ3) is 2.73. The Morgan fingerprint density at radius 1 is 1.16 bits per heavy atom. The molecule has 0 saturated heterocycles. The molecule has 0 saturated carbocycles. The molecule has 98 valence electrons. The Morgan fingerprint density at radius 3 is 2.37 bits per heavy atom. The van der Waals surface area contributed by atoms with Gasteiger partial charge in [-0.15, -0.1) is 0 Å². The number of aromatic hydroxyl groups is 1. The van der Waals surface area contributed by atoms with E-state index in [1.54, 1.807) is 26.1 Å². The van der Waals surface area contributed by atoms with E-state index in [9.17, 15) is 14.3 Å². The van der Waals surface area contributed by atoms with Gasteiger partial charge in [0.2, 0.25) is 0 Å². The summed E-state index contributed by atoms with van der Waals surface area (Å²) in [4.78, 5) is 13.8. The number of hydrogen-bond donors (Lipinski definition) is 1. The molecule has 0 radical (unpaired) electrons. The number of halogens is 1. The van der Waals surface area contributed by atoms with Crippen molar-refractivity contribution in [1.29, 1.82) is 0 Å². The van der Waals surface area contributed by atoms with Crippen LogP contribution in [0.4, 0.5) is 10.1 Å². The Hall–Kier alpha value is -2.36. The second-order valence-corrected chi connectivity index (χ2v) is 4.34. The number of phenols is 1. The van der Waals surface area contributed by atoms with E-state index >= 15 is 0 Å². The van der Waals surface area contributed by atoms with Gasteiger partial charge in [-0.3, -0.25) is 4.79 Å². The molecular formula is C15H14FNO2. The monoisotopic (exact) mass is 259 g/mol. The van der Waals surface area contributed by atoms with Crippen LogP contribution in [0.1, 0.15) is 15.9 Å². The Kier molecular flexibility index (Phi) is 3.51. The van der Waals surface area contributed by atoms with Crippen LogP contribution in [-0.2, 0) is 0 Å². The first-order valence-electron chi connectivity index (χ1n) is 5.82. The number of benzene rings is 2. The predicted molar refractivity (Wildman–Crippen MR) is 72.0 cm³/mol. The predicted octanol–water partition coefficient (Wildman–Crippen LogP) is 3.12. The zero-order valence-corrected chi connectivity index (χ0v) is 10.7. The number of carbonyl (C=O) groups excluding carboxylic acids is 1. The van der Waals surface area contributed by atoms with Crippen LogP contribution in [0.3, 0.4) is 0 Å². The molecule has 0 aliphatic rings. The Labute approximate surface area is 110 Å². The van der Waals surface area contributed by atoms with Crippen molar-refractivity contribution < 1.29 is 14.3 Å². The normalized spacial score (nSPS) is 10.3.